The Morgan fingerprint density at radius 3 is 2.28 bits per heavy atom. The van der Waals surface area contributed by atoms with Gasteiger partial charge in [-0.1, -0.05) is 29.8 Å². The summed E-state index contributed by atoms with van der Waals surface area (Å²) in [6, 6.07) is 19.1. The fourth-order valence-corrected chi connectivity index (χ4v) is 2.90. The summed E-state index contributed by atoms with van der Waals surface area (Å²) in [6.07, 6.45) is 1.57. The van der Waals surface area contributed by atoms with Gasteiger partial charge >= 0.3 is 11.9 Å². The van der Waals surface area contributed by atoms with Gasteiger partial charge in [0.2, 0.25) is 5.90 Å². The lowest BCUT2D eigenvalue weighted by Crippen LogP contribution is -2.08. The number of carbonyl (C=O) groups excluding carboxylic acids is 2. The SMILES string of the molecule is Cc1ccc(C2=N/C(=C\c3ccc(OC(=O)c4ccc([N+](=O)[O-])cc4)cc3)C(=O)O2)cc1. The molecule has 0 saturated carbocycles. The van der Waals surface area contributed by atoms with Crippen LogP contribution in [0.15, 0.2) is 83.5 Å². The fourth-order valence-electron chi connectivity index (χ4n) is 2.90. The first-order valence-electron chi connectivity index (χ1n) is 9.55. The molecule has 1 aliphatic rings. The quantitative estimate of drug-likeness (QED) is 0.195. The smallest absolute Gasteiger partial charge is 0.363 e. The lowest BCUT2D eigenvalue weighted by Gasteiger charge is -2.04. The molecule has 0 aromatic heterocycles. The van der Waals surface area contributed by atoms with E-state index in [9.17, 15) is 19.7 Å². The minimum absolute atomic E-state index is 0.113. The summed E-state index contributed by atoms with van der Waals surface area (Å²) in [5, 5.41) is 10.7. The van der Waals surface area contributed by atoms with Crippen LogP contribution in [0.25, 0.3) is 6.08 Å². The Morgan fingerprint density at radius 2 is 1.66 bits per heavy atom. The number of nitrogens with zero attached hydrogens (tertiary/aromatic N) is 2. The highest BCUT2D eigenvalue weighted by Crippen LogP contribution is 2.21. The van der Waals surface area contributed by atoms with E-state index in [1.165, 1.54) is 24.3 Å². The van der Waals surface area contributed by atoms with E-state index in [0.29, 0.717) is 11.1 Å². The number of ether oxygens (including phenoxy) is 2. The molecule has 0 N–H and O–H groups in total. The summed E-state index contributed by atoms with van der Waals surface area (Å²) in [5.74, 6) is -0.657. The number of benzene rings is 3. The molecule has 0 unspecified atom stereocenters. The van der Waals surface area contributed by atoms with E-state index in [0.717, 1.165) is 5.56 Å². The molecule has 3 aromatic carbocycles. The second-order valence-corrected chi connectivity index (χ2v) is 6.96. The number of rotatable bonds is 5. The summed E-state index contributed by atoms with van der Waals surface area (Å²) in [4.78, 5) is 38.8. The van der Waals surface area contributed by atoms with E-state index in [1.54, 1.807) is 30.3 Å². The third-order valence-corrected chi connectivity index (χ3v) is 4.63. The van der Waals surface area contributed by atoms with Crippen LogP contribution in [0, 0.1) is 17.0 Å². The van der Waals surface area contributed by atoms with Crippen molar-refractivity contribution in [2.24, 2.45) is 4.99 Å². The number of carbonyl (C=O) groups is 2. The molecule has 8 heteroatoms. The Hall–Kier alpha value is -4.59. The van der Waals surface area contributed by atoms with Crippen molar-refractivity contribution in [1.29, 1.82) is 0 Å². The number of nitro groups is 1. The van der Waals surface area contributed by atoms with Crippen LogP contribution in [0.1, 0.15) is 27.0 Å². The van der Waals surface area contributed by atoms with Crippen LogP contribution in [-0.2, 0) is 9.53 Å². The molecule has 3 aromatic rings. The van der Waals surface area contributed by atoms with Crippen LogP contribution in [0.2, 0.25) is 0 Å². The van der Waals surface area contributed by atoms with Crippen LogP contribution in [-0.4, -0.2) is 22.8 Å². The third-order valence-electron chi connectivity index (χ3n) is 4.63. The van der Waals surface area contributed by atoms with Crippen molar-refractivity contribution in [3.05, 3.63) is 111 Å². The zero-order valence-electron chi connectivity index (χ0n) is 16.8. The van der Waals surface area contributed by atoms with E-state index in [4.69, 9.17) is 9.47 Å². The maximum absolute atomic E-state index is 12.2. The Bertz CT molecular complexity index is 1260. The number of nitro benzene ring substituents is 1. The zero-order chi connectivity index (χ0) is 22.7. The molecule has 158 valence electrons. The average Bonchev–Trinajstić information content (AvgIpc) is 3.15. The van der Waals surface area contributed by atoms with Gasteiger partial charge in [-0.15, -0.1) is 0 Å². The number of non-ortho nitro benzene ring substituents is 1. The predicted molar refractivity (Wildman–Crippen MR) is 116 cm³/mol. The van der Waals surface area contributed by atoms with E-state index in [1.807, 2.05) is 31.2 Å². The molecular formula is C24H16N2O6. The summed E-state index contributed by atoms with van der Waals surface area (Å²) < 4.78 is 10.5. The van der Waals surface area contributed by atoms with Gasteiger partial charge in [0.25, 0.3) is 5.69 Å². The van der Waals surface area contributed by atoms with Crippen molar-refractivity contribution in [2.45, 2.75) is 6.92 Å². The predicted octanol–water partition coefficient (Wildman–Crippen LogP) is 4.47. The van der Waals surface area contributed by atoms with Crippen LogP contribution in [0.3, 0.4) is 0 Å². The number of hydrogen-bond donors (Lipinski definition) is 0. The molecule has 0 bridgehead atoms. The van der Waals surface area contributed by atoms with Gasteiger partial charge in [-0.05, 0) is 55.0 Å². The van der Waals surface area contributed by atoms with Gasteiger partial charge in [-0.2, -0.15) is 0 Å². The Labute approximate surface area is 182 Å². The standard InChI is InChI=1S/C24H16N2O6/c1-15-2-6-17(7-3-15)22-25-21(24(28)32-22)14-16-4-12-20(13-5-16)31-23(27)18-8-10-19(11-9-18)26(29)30/h2-14H,1H3/b21-14-. The van der Waals surface area contributed by atoms with E-state index >= 15 is 0 Å². The molecule has 32 heavy (non-hydrogen) atoms. The highest BCUT2D eigenvalue weighted by molar-refractivity contribution is 6.12. The van der Waals surface area contributed by atoms with Crippen LogP contribution in [0.4, 0.5) is 5.69 Å². The number of hydrogen-bond acceptors (Lipinski definition) is 7. The van der Waals surface area contributed by atoms with Crippen molar-refractivity contribution in [2.75, 3.05) is 0 Å². The summed E-state index contributed by atoms with van der Waals surface area (Å²) >= 11 is 0. The van der Waals surface area contributed by atoms with Gasteiger partial charge in [0.1, 0.15) is 5.75 Å². The molecule has 8 nitrogen and oxygen atoms in total. The van der Waals surface area contributed by atoms with Gasteiger partial charge < -0.3 is 9.47 Å². The lowest BCUT2D eigenvalue weighted by molar-refractivity contribution is -0.384. The molecule has 0 saturated heterocycles. The van der Waals surface area contributed by atoms with Crippen LogP contribution >= 0.6 is 0 Å². The first-order chi connectivity index (χ1) is 15.4. The Balaban J connectivity index is 1.45. The molecule has 4 rings (SSSR count). The first-order valence-corrected chi connectivity index (χ1v) is 9.55. The normalized spacial score (nSPS) is 14.1. The first kappa shape index (κ1) is 20.7. The number of aliphatic imine (C=N–C) groups is 1. The fraction of sp³-hybridized carbons (Fsp3) is 0.0417. The molecule has 0 aliphatic carbocycles. The molecule has 1 heterocycles. The van der Waals surface area contributed by atoms with Crippen molar-refractivity contribution in [3.63, 3.8) is 0 Å². The monoisotopic (exact) mass is 428 g/mol. The van der Waals surface area contributed by atoms with Gasteiger partial charge in [0.05, 0.1) is 10.5 Å². The Morgan fingerprint density at radius 1 is 1.00 bits per heavy atom. The largest absolute Gasteiger partial charge is 0.423 e. The Kier molecular flexibility index (Phi) is 5.59. The maximum atomic E-state index is 12.2. The molecular weight excluding hydrogens is 412 g/mol. The van der Waals surface area contributed by atoms with Crippen molar-refractivity contribution in [1.82, 2.24) is 0 Å². The second-order valence-electron chi connectivity index (χ2n) is 6.96. The van der Waals surface area contributed by atoms with Gasteiger partial charge in [0, 0.05) is 17.7 Å². The zero-order valence-corrected chi connectivity index (χ0v) is 16.8. The molecule has 0 amide bonds. The average molecular weight is 428 g/mol. The molecule has 1 aliphatic heterocycles. The molecule has 0 atom stereocenters. The number of esters is 2. The second kappa shape index (κ2) is 8.65. The summed E-state index contributed by atoms with van der Waals surface area (Å²) in [6.45, 7) is 1.96. The minimum atomic E-state index is -0.641. The van der Waals surface area contributed by atoms with E-state index in [-0.39, 0.29) is 28.6 Å². The van der Waals surface area contributed by atoms with Crippen LogP contribution in [0.5, 0.6) is 5.75 Å². The maximum Gasteiger partial charge on any atom is 0.363 e. The van der Waals surface area contributed by atoms with E-state index in [2.05, 4.69) is 4.99 Å². The topological polar surface area (TPSA) is 108 Å². The molecule has 0 radical (unpaired) electrons. The number of aryl methyl sites for hydroxylation is 1. The lowest BCUT2D eigenvalue weighted by atomic mass is 10.1. The molecule has 0 fully saturated rings. The van der Waals surface area contributed by atoms with E-state index < -0.39 is 16.9 Å². The van der Waals surface area contributed by atoms with Crippen LogP contribution < -0.4 is 4.74 Å². The minimum Gasteiger partial charge on any atom is -0.423 e. The van der Waals surface area contributed by atoms with Gasteiger partial charge in [0.15, 0.2) is 5.70 Å². The third kappa shape index (κ3) is 4.59. The highest BCUT2D eigenvalue weighted by Gasteiger charge is 2.24. The highest BCUT2D eigenvalue weighted by atomic mass is 16.6. The van der Waals surface area contributed by atoms with Crippen molar-refractivity contribution < 1.29 is 24.0 Å². The molecule has 0 spiro atoms. The van der Waals surface area contributed by atoms with Crippen molar-refractivity contribution in [3.8, 4) is 5.75 Å². The number of cyclic esters (lactones) is 1. The van der Waals surface area contributed by atoms with Gasteiger partial charge in [-0.3, -0.25) is 10.1 Å². The summed E-state index contributed by atoms with van der Waals surface area (Å²) in [5.41, 5.74) is 2.70. The van der Waals surface area contributed by atoms with Crippen molar-refractivity contribution >= 4 is 29.6 Å². The summed E-state index contributed by atoms with van der Waals surface area (Å²) in [7, 11) is 0. The van der Waals surface area contributed by atoms with Gasteiger partial charge in [-0.25, -0.2) is 14.6 Å².